The lowest BCUT2D eigenvalue weighted by molar-refractivity contribution is 0.282. The van der Waals surface area contributed by atoms with Gasteiger partial charge in [-0.1, -0.05) is 43.9 Å². The number of benzene rings is 1. The van der Waals surface area contributed by atoms with Gasteiger partial charge < -0.3 is 5.32 Å². The minimum atomic E-state index is -0.252. The number of halogens is 2. The van der Waals surface area contributed by atoms with E-state index in [1.807, 2.05) is 6.07 Å². The maximum Gasteiger partial charge on any atom is 0.124 e. The lowest BCUT2D eigenvalue weighted by Crippen LogP contribution is -2.40. The third-order valence-electron chi connectivity index (χ3n) is 4.03. The molecule has 1 aromatic carbocycles. The Hall–Kier alpha value is -0.600. The van der Waals surface area contributed by atoms with Crippen LogP contribution in [0.1, 0.15) is 44.6 Å². The third kappa shape index (κ3) is 2.86. The molecule has 18 heavy (non-hydrogen) atoms. The number of hydrogen-bond acceptors (Lipinski definition) is 1. The molecule has 100 valence electrons. The molecular formula is C15H21ClFN. The zero-order valence-corrected chi connectivity index (χ0v) is 11.7. The SMILES string of the molecule is CCNCC1(c2ccc(F)cc2Cl)CCCCC1. The lowest BCUT2D eigenvalue weighted by Gasteiger charge is -2.38. The Labute approximate surface area is 114 Å². The van der Waals surface area contributed by atoms with Gasteiger partial charge in [-0.2, -0.15) is 0 Å². The van der Waals surface area contributed by atoms with Gasteiger partial charge in [-0.15, -0.1) is 0 Å². The minimum absolute atomic E-state index is 0.0963. The Morgan fingerprint density at radius 3 is 2.61 bits per heavy atom. The average molecular weight is 270 g/mol. The molecule has 1 aromatic rings. The van der Waals surface area contributed by atoms with Crippen LogP contribution in [0.2, 0.25) is 5.02 Å². The summed E-state index contributed by atoms with van der Waals surface area (Å²) in [5, 5.41) is 4.03. The summed E-state index contributed by atoms with van der Waals surface area (Å²) in [6.07, 6.45) is 6.06. The summed E-state index contributed by atoms with van der Waals surface area (Å²) < 4.78 is 13.2. The molecule has 3 heteroatoms. The van der Waals surface area contributed by atoms with Crippen molar-refractivity contribution in [1.82, 2.24) is 5.32 Å². The van der Waals surface area contributed by atoms with E-state index in [1.54, 1.807) is 0 Å². The fraction of sp³-hybridized carbons (Fsp3) is 0.600. The molecule has 1 fully saturated rings. The Bertz CT molecular complexity index is 399. The zero-order valence-electron chi connectivity index (χ0n) is 10.9. The largest absolute Gasteiger partial charge is 0.316 e. The van der Waals surface area contributed by atoms with E-state index in [4.69, 9.17) is 11.6 Å². The minimum Gasteiger partial charge on any atom is -0.316 e. The van der Waals surface area contributed by atoms with Crippen LogP contribution in [-0.2, 0) is 5.41 Å². The summed E-state index contributed by atoms with van der Waals surface area (Å²) in [5.74, 6) is -0.252. The van der Waals surface area contributed by atoms with Crippen molar-refractivity contribution < 1.29 is 4.39 Å². The topological polar surface area (TPSA) is 12.0 Å². The highest BCUT2D eigenvalue weighted by Crippen LogP contribution is 2.42. The van der Waals surface area contributed by atoms with Crippen molar-refractivity contribution >= 4 is 11.6 Å². The first-order valence-corrected chi connectivity index (χ1v) is 7.22. The van der Waals surface area contributed by atoms with Gasteiger partial charge in [0.05, 0.1) is 0 Å². The van der Waals surface area contributed by atoms with Crippen LogP contribution in [0.15, 0.2) is 18.2 Å². The van der Waals surface area contributed by atoms with E-state index in [-0.39, 0.29) is 11.2 Å². The predicted octanol–water partition coefficient (Wildman–Crippen LogP) is 4.29. The van der Waals surface area contributed by atoms with E-state index in [1.165, 1.54) is 31.4 Å². The maximum absolute atomic E-state index is 13.2. The number of rotatable bonds is 4. The quantitative estimate of drug-likeness (QED) is 0.860. The van der Waals surface area contributed by atoms with Crippen LogP contribution >= 0.6 is 11.6 Å². The van der Waals surface area contributed by atoms with Gasteiger partial charge in [0.1, 0.15) is 5.82 Å². The van der Waals surface area contributed by atoms with Crippen LogP contribution in [0, 0.1) is 5.82 Å². The highest BCUT2D eigenvalue weighted by Gasteiger charge is 2.35. The Morgan fingerprint density at radius 1 is 1.28 bits per heavy atom. The number of likely N-dealkylation sites (N-methyl/N-ethyl adjacent to an activating group) is 1. The second-order valence-corrected chi connectivity index (χ2v) is 5.65. The van der Waals surface area contributed by atoms with Crippen molar-refractivity contribution in [2.75, 3.05) is 13.1 Å². The van der Waals surface area contributed by atoms with Gasteiger partial charge in [0.2, 0.25) is 0 Å². The standard InChI is InChI=1S/C15H21ClFN/c1-2-18-11-15(8-4-3-5-9-15)13-7-6-12(17)10-14(13)16/h6-7,10,18H,2-5,8-9,11H2,1H3. The second kappa shape index (κ2) is 6.03. The molecule has 1 nitrogen and oxygen atoms in total. The summed E-state index contributed by atoms with van der Waals surface area (Å²) >= 11 is 6.26. The lowest BCUT2D eigenvalue weighted by atomic mass is 9.69. The van der Waals surface area contributed by atoms with Crippen LogP contribution in [0.25, 0.3) is 0 Å². The van der Waals surface area contributed by atoms with Gasteiger partial charge in [0.15, 0.2) is 0 Å². The molecule has 0 unspecified atom stereocenters. The third-order valence-corrected chi connectivity index (χ3v) is 4.34. The molecular weight excluding hydrogens is 249 g/mol. The van der Waals surface area contributed by atoms with Gasteiger partial charge in [-0.3, -0.25) is 0 Å². The predicted molar refractivity (Wildman–Crippen MR) is 74.7 cm³/mol. The molecule has 0 aromatic heterocycles. The highest BCUT2D eigenvalue weighted by atomic mass is 35.5. The van der Waals surface area contributed by atoms with Gasteiger partial charge in [0, 0.05) is 17.0 Å². The van der Waals surface area contributed by atoms with Gasteiger partial charge in [-0.25, -0.2) is 4.39 Å². The zero-order chi connectivity index (χ0) is 13.0. The average Bonchev–Trinajstić information content (AvgIpc) is 2.37. The molecule has 1 aliphatic rings. The normalized spacial score (nSPS) is 18.8. The van der Waals surface area contributed by atoms with Crippen molar-refractivity contribution in [1.29, 1.82) is 0 Å². The molecule has 0 spiro atoms. The van der Waals surface area contributed by atoms with Crippen LogP contribution in [0.5, 0.6) is 0 Å². The first kappa shape index (κ1) is 13.8. The van der Waals surface area contributed by atoms with Crippen molar-refractivity contribution in [2.24, 2.45) is 0 Å². The summed E-state index contributed by atoms with van der Waals surface area (Å²) in [7, 11) is 0. The highest BCUT2D eigenvalue weighted by molar-refractivity contribution is 6.31. The smallest absolute Gasteiger partial charge is 0.124 e. The molecule has 0 radical (unpaired) electrons. The molecule has 0 heterocycles. The van der Waals surface area contributed by atoms with Crippen LogP contribution < -0.4 is 5.32 Å². The molecule has 0 amide bonds. The molecule has 1 N–H and O–H groups in total. The summed E-state index contributed by atoms with van der Waals surface area (Å²) in [6, 6.07) is 4.85. The summed E-state index contributed by atoms with van der Waals surface area (Å²) in [4.78, 5) is 0. The van der Waals surface area contributed by atoms with Gasteiger partial charge in [0.25, 0.3) is 0 Å². The number of hydrogen-bond donors (Lipinski definition) is 1. The summed E-state index contributed by atoms with van der Waals surface area (Å²) in [6.45, 7) is 4.01. The monoisotopic (exact) mass is 269 g/mol. The molecule has 0 atom stereocenters. The fourth-order valence-electron chi connectivity index (χ4n) is 3.05. The van der Waals surface area contributed by atoms with Gasteiger partial charge in [-0.05, 0) is 37.1 Å². The Kier molecular flexibility index (Phi) is 4.63. The van der Waals surface area contributed by atoms with E-state index in [0.29, 0.717) is 5.02 Å². The first-order chi connectivity index (χ1) is 8.68. The first-order valence-electron chi connectivity index (χ1n) is 6.84. The van der Waals surface area contributed by atoms with Gasteiger partial charge >= 0.3 is 0 Å². The molecule has 2 rings (SSSR count). The second-order valence-electron chi connectivity index (χ2n) is 5.25. The van der Waals surface area contributed by atoms with Crippen LogP contribution in [0.4, 0.5) is 4.39 Å². The molecule has 0 saturated heterocycles. The Balaban J connectivity index is 2.32. The maximum atomic E-state index is 13.2. The summed E-state index contributed by atoms with van der Waals surface area (Å²) in [5.41, 5.74) is 1.21. The van der Waals surface area contributed by atoms with Crippen LogP contribution in [-0.4, -0.2) is 13.1 Å². The van der Waals surface area contributed by atoms with Crippen molar-refractivity contribution in [2.45, 2.75) is 44.4 Å². The molecule has 1 saturated carbocycles. The molecule has 0 aliphatic heterocycles. The van der Waals surface area contributed by atoms with Crippen molar-refractivity contribution in [3.63, 3.8) is 0 Å². The van der Waals surface area contributed by atoms with E-state index in [0.717, 1.165) is 31.5 Å². The van der Waals surface area contributed by atoms with Crippen LogP contribution in [0.3, 0.4) is 0 Å². The molecule has 0 bridgehead atoms. The van der Waals surface area contributed by atoms with E-state index in [2.05, 4.69) is 12.2 Å². The van der Waals surface area contributed by atoms with Crippen molar-refractivity contribution in [3.05, 3.63) is 34.6 Å². The van der Waals surface area contributed by atoms with Crippen molar-refractivity contribution in [3.8, 4) is 0 Å². The van der Waals surface area contributed by atoms with E-state index >= 15 is 0 Å². The fourth-order valence-corrected chi connectivity index (χ4v) is 3.42. The number of nitrogens with one attached hydrogen (secondary N) is 1. The molecule has 1 aliphatic carbocycles. The van der Waals surface area contributed by atoms with E-state index in [9.17, 15) is 4.39 Å². The van der Waals surface area contributed by atoms with E-state index < -0.39 is 0 Å². The Morgan fingerprint density at radius 2 is 2.00 bits per heavy atom.